The number of benzene rings is 2. The Bertz CT molecular complexity index is 1230. The van der Waals surface area contributed by atoms with Gasteiger partial charge in [0.2, 0.25) is 0 Å². The van der Waals surface area contributed by atoms with Gasteiger partial charge in [-0.2, -0.15) is 0 Å². The Morgan fingerprint density at radius 1 is 1.06 bits per heavy atom. The molecule has 0 unspecified atom stereocenters. The molecular weight excluding hydrogens is 496 g/mol. The molecule has 5 rings (SSSR count). The van der Waals surface area contributed by atoms with Crippen molar-refractivity contribution in [3.05, 3.63) is 91.2 Å². The standard InChI is InChI=1S/C24H18BrClN2O2S/c25-15-8-4-13(5-9-15)17-12-31-24(28-17)22-20(14-6-10-16(26)11-7-14)21-18(29)2-1-3-19(21)30-23(22)27/h4-12,20H,1-3,27H2/t20-/m1/s1. The van der Waals surface area contributed by atoms with Crippen LogP contribution in [0.1, 0.15) is 35.8 Å². The lowest BCUT2D eigenvalue weighted by atomic mass is 9.77. The van der Waals surface area contributed by atoms with E-state index in [0.29, 0.717) is 35.1 Å². The summed E-state index contributed by atoms with van der Waals surface area (Å²) < 4.78 is 7.00. The van der Waals surface area contributed by atoms with E-state index in [0.717, 1.165) is 38.3 Å². The highest BCUT2D eigenvalue weighted by Crippen LogP contribution is 2.48. The van der Waals surface area contributed by atoms with E-state index in [4.69, 9.17) is 27.1 Å². The number of Topliss-reactive ketones (excluding diaryl/α,β-unsaturated/α-hetero) is 1. The largest absolute Gasteiger partial charge is 0.445 e. The number of carbonyl (C=O) groups excluding carboxylic acids is 1. The summed E-state index contributed by atoms with van der Waals surface area (Å²) in [7, 11) is 0. The van der Waals surface area contributed by atoms with E-state index in [1.54, 1.807) is 0 Å². The van der Waals surface area contributed by atoms with Gasteiger partial charge in [0.15, 0.2) is 11.7 Å². The van der Waals surface area contributed by atoms with E-state index in [-0.39, 0.29) is 11.7 Å². The molecule has 1 aliphatic heterocycles. The first-order chi connectivity index (χ1) is 15.0. The Balaban J connectivity index is 1.63. The van der Waals surface area contributed by atoms with E-state index in [9.17, 15) is 4.79 Å². The second-order valence-electron chi connectivity index (χ2n) is 7.52. The first-order valence-corrected chi connectivity index (χ1v) is 12.0. The van der Waals surface area contributed by atoms with Gasteiger partial charge in [-0.15, -0.1) is 11.3 Å². The van der Waals surface area contributed by atoms with E-state index in [1.807, 2.05) is 53.9 Å². The van der Waals surface area contributed by atoms with Crippen LogP contribution in [-0.2, 0) is 9.53 Å². The second kappa shape index (κ2) is 8.26. The minimum Gasteiger partial charge on any atom is -0.445 e. The monoisotopic (exact) mass is 512 g/mol. The average molecular weight is 514 g/mol. The summed E-state index contributed by atoms with van der Waals surface area (Å²) in [6.45, 7) is 0. The number of ketones is 1. The maximum Gasteiger partial charge on any atom is 0.197 e. The Kier molecular flexibility index (Phi) is 5.46. The van der Waals surface area contributed by atoms with Crippen molar-refractivity contribution in [2.45, 2.75) is 25.2 Å². The van der Waals surface area contributed by atoms with E-state index >= 15 is 0 Å². The van der Waals surface area contributed by atoms with Gasteiger partial charge in [-0.25, -0.2) is 4.98 Å². The van der Waals surface area contributed by atoms with E-state index in [2.05, 4.69) is 15.9 Å². The highest BCUT2D eigenvalue weighted by Gasteiger charge is 2.39. The smallest absolute Gasteiger partial charge is 0.197 e. The fraction of sp³-hybridized carbons (Fsp3) is 0.167. The highest BCUT2D eigenvalue weighted by atomic mass is 79.9. The lowest BCUT2D eigenvalue weighted by molar-refractivity contribution is -0.116. The molecule has 1 aromatic heterocycles. The SMILES string of the molecule is NC1=C(c2nc(-c3ccc(Br)cc3)cs2)[C@H](c2ccc(Cl)cc2)C2=C(CCCC2=O)O1. The summed E-state index contributed by atoms with van der Waals surface area (Å²) in [5.74, 6) is 0.779. The van der Waals surface area contributed by atoms with Crippen molar-refractivity contribution in [3.63, 3.8) is 0 Å². The van der Waals surface area contributed by atoms with E-state index < -0.39 is 0 Å². The quantitative estimate of drug-likeness (QED) is 0.424. The lowest BCUT2D eigenvalue weighted by Crippen LogP contribution is -2.27. The minimum absolute atomic E-state index is 0.107. The van der Waals surface area contributed by atoms with Gasteiger partial charge in [0.25, 0.3) is 0 Å². The normalized spacial score (nSPS) is 18.8. The van der Waals surface area contributed by atoms with Crippen LogP contribution >= 0.6 is 38.9 Å². The topological polar surface area (TPSA) is 65.2 Å². The molecule has 2 aliphatic rings. The van der Waals surface area contributed by atoms with Gasteiger partial charge in [-0.05, 0) is 36.2 Å². The minimum atomic E-state index is -0.322. The van der Waals surface area contributed by atoms with Crippen LogP contribution in [0.2, 0.25) is 5.02 Å². The maximum absolute atomic E-state index is 13.0. The zero-order valence-corrected chi connectivity index (χ0v) is 19.6. The summed E-state index contributed by atoms with van der Waals surface area (Å²) in [6, 6.07) is 15.6. The summed E-state index contributed by atoms with van der Waals surface area (Å²) in [6.07, 6.45) is 2.00. The van der Waals surface area contributed by atoms with Crippen LogP contribution < -0.4 is 5.73 Å². The molecule has 31 heavy (non-hydrogen) atoms. The average Bonchev–Trinajstić information content (AvgIpc) is 3.24. The van der Waals surface area contributed by atoms with Crippen LogP contribution in [-0.4, -0.2) is 10.8 Å². The van der Waals surface area contributed by atoms with Crippen molar-refractivity contribution in [3.8, 4) is 11.3 Å². The van der Waals surface area contributed by atoms with Crippen molar-refractivity contribution in [1.29, 1.82) is 0 Å². The molecular formula is C24H18BrClN2O2S. The highest BCUT2D eigenvalue weighted by molar-refractivity contribution is 9.10. The van der Waals surface area contributed by atoms with Crippen molar-refractivity contribution in [2.75, 3.05) is 0 Å². The van der Waals surface area contributed by atoms with Crippen LogP contribution in [0, 0.1) is 0 Å². The molecule has 0 saturated carbocycles. The number of rotatable bonds is 3. The molecule has 0 saturated heterocycles. The number of thiazole rings is 1. The molecule has 4 nitrogen and oxygen atoms in total. The molecule has 2 aromatic carbocycles. The fourth-order valence-corrected chi connectivity index (χ4v) is 5.40. The number of ether oxygens (including phenoxy) is 1. The molecule has 156 valence electrons. The molecule has 2 N–H and O–H groups in total. The van der Waals surface area contributed by atoms with Gasteiger partial charge in [0.05, 0.1) is 11.3 Å². The second-order valence-corrected chi connectivity index (χ2v) is 9.73. The van der Waals surface area contributed by atoms with E-state index in [1.165, 1.54) is 11.3 Å². The number of carbonyl (C=O) groups is 1. The van der Waals surface area contributed by atoms with Crippen LogP contribution in [0.3, 0.4) is 0 Å². The van der Waals surface area contributed by atoms with Gasteiger partial charge in [-0.1, -0.05) is 51.8 Å². The summed E-state index contributed by atoms with van der Waals surface area (Å²) >= 11 is 11.1. The van der Waals surface area contributed by atoms with Gasteiger partial charge >= 0.3 is 0 Å². The number of allylic oxidation sites excluding steroid dienone is 3. The summed E-state index contributed by atoms with van der Waals surface area (Å²) in [4.78, 5) is 17.8. The van der Waals surface area contributed by atoms with Gasteiger partial charge < -0.3 is 10.5 Å². The molecule has 0 amide bonds. The van der Waals surface area contributed by atoms with Crippen LogP contribution in [0.5, 0.6) is 0 Å². The van der Waals surface area contributed by atoms with Crippen LogP contribution in [0.25, 0.3) is 16.8 Å². The molecule has 0 fully saturated rings. The first kappa shape index (κ1) is 20.5. The number of nitrogens with two attached hydrogens (primary N) is 1. The zero-order valence-electron chi connectivity index (χ0n) is 16.4. The molecule has 0 radical (unpaired) electrons. The Hall–Kier alpha value is -2.41. The predicted octanol–water partition coefficient (Wildman–Crippen LogP) is 6.67. The van der Waals surface area contributed by atoms with Gasteiger partial charge in [0.1, 0.15) is 10.8 Å². The van der Waals surface area contributed by atoms with Crippen molar-refractivity contribution in [2.24, 2.45) is 5.73 Å². The number of nitrogens with zero attached hydrogens (tertiary/aromatic N) is 1. The molecule has 1 atom stereocenters. The molecule has 0 spiro atoms. The lowest BCUT2D eigenvalue weighted by Gasteiger charge is -2.32. The van der Waals surface area contributed by atoms with Crippen molar-refractivity contribution < 1.29 is 9.53 Å². The number of hydrogen-bond acceptors (Lipinski definition) is 5. The number of hydrogen-bond donors (Lipinski definition) is 1. The first-order valence-electron chi connectivity index (χ1n) is 9.92. The Morgan fingerprint density at radius 3 is 2.55 bits per heavy atom. The maximum atomic E-state index is 13.0. The zero-order chi connectivity index (χ0) is 21.5. The van der Waals surface area contributed by atoms with Crippen molar-refractivity contribution >= 4 is 50.2 Å². The van der Waals surface area contributed by atoms with Crippen molar-refractivity contribution in [1.82, 2.24) is 4.98 Å². The fourth-order valence-electron chi connectivity index (χ4n) is 4.10. The third kappa shape index (κ3) is 3.84. The Morgan fingerprint density at radius 2 is 1.81 bits per heavy atom. The number of halogens is 2. The third-order valence-electron chi connectivity index (χ3n) is 5.56. The molecule has 0 bridgehead atoms. The van der Waals surface area contributed by atoms with Crippen LogP contribution in [0.15, 0.2) is 75.6 Å². The summed E-state index contributed by atoms with van der Waals surface area (Å²) in [5, 5.41) is 3.40. The third-order valence-corrected chi connectivity index (χ3v) is 7.22. The molecule has 2 heterocycles. The number of aromatic nitrogens is 1. The molecule has 3 aromatic rings. The predicted molar refractivity (Wildman–Crippen MR) is 128 cm³/mol. The molecule has 7 heteroatoms. The molecule has 1 aliphatic carbocycles. The summed E-state index contributed by atoms with van der Waals surface area (Å²) in [5.41, 5.74) is 10.7. The van der Waals surface area contributed by atoms with Crippen LogP contribution in [0.4, 0.5) is 0 Å². The van der Waals surface area contributed by atoms with Gasteiger partial charge in [0, 0.05) is 44.8 Å². The Labute approximate surface area is 197 Å². The van der Waals surface area contributed by atoms with Gasteiger partial charge in [-0.3, -0.25) is 4.79 Å².